The number of aryl methyl sites for hydroxylation is 1. The Kier molecular flexibility index (Phi) is 3.84. The van der Waals surface area contributed by atoms with Crippen molar-refractivity contribution in [3.63, 3.8) is 0 Å². The second-order valence-electron chi connectivity index (χ2n) is 6.34. The zero-order valence-corrected chi connectivity index (χ0v) is 14.8. The van der Waals surface area contributed by atoms with E-state index in [1.165, 1.54) is 28.6 Å². The number of halogens is 1. The largest absolute Gasteiger partial charge is 0.448 e. The number of nitrogens with zero attached hydrogens (tertiary/aromatic N) is 1. The maximum atomic E-state index is 13.2. The van der Waals surface area contributed by atoms with Gasteiger partial charge in [0.15, 0.2) is 6.10 Å². The number of carbonyl (C=O) groups is 1. The summed E-state index contributed by atoms with van der Waals surface area (Å²) in [5.41, 5.74) is 2.20. The lowest BCUT2D eigenvalue weighted by molar-refractivity contribution is -0.140. The smallest absolute Gasteiger partial charge is 0.337 e. The van der Waals surface area contributed by atoms with Crippen LogP contribution in [-0.4, -0.2) is 25.2 Å². The Balaban J connectivity index is 1.76. The average molecular weight is 373 g/mol. The van der Waals surface area contributed by atoms with E-state index in [0.29, 0.717) is 23.3 Å². The van der Waals surface area contributed by atoms with Gasteiger partial charge in [0.25, 0.3) is 10.0 Å². The number of benzene rings is 2. The molecule has 2 aliphatic heterocycles. The van der Waals surface area contributed by atoms with Crippen LogP contribution in [0.4, 0.5) is 4.39 Å². The molecule has 7 heteroatoms. The molecule has 134 valence electrons. The first kappa shape index (κ1) is 16.8. The van der Waals surface area contributed by atoms with Crippen LogP contribution in [0, 0.1) is 12.7 Å². The van der Waals surface area contributed by atoms with Crippen molar-refractivity contribution in [1.82, 2.24) is 4.31 Å². The Hall–Kier alpha value is -2.67. The molecule has 0 saturated carbocycles. The Bertz CT molecular complexity index is 1010. The van der Waals surface area contributed by atoms with Crippen LogP contribution >= 0.6 is 0 Å². The molecule has 4 rings (SSSR count). The van der Waals surface area contributed by atoms with Gasteiger partial charge in [-0.25, -0.2) is 17.6 Å². The van der Waals surface area contributed by atoms with Crippen LogP contribution in [0.2, 0.25) is 0 Å². The van der Waals surface area contributed by atoms with Gasteiger partial charge >= 0.3 is 5.97 Å². The molecule has 0 saturated heterocycles. The van der Waals surface area contributed by atoms with Gasteiger partial charge in [-0.1, -0.05) is 29.8 Å². The van der Waals surface area contributed by atoms with Gasteiger partial charge < -0.3 is 4.74 Å². The molecule has 0 aromatic heterocycles. The van der Waals surface area contributed by atoms with Gasteiger partial charge in [-0.15, -0.1) is 0 Å². The molecule has 1 unspecified atom stereocenters. The fraction of sp³-hybridized carbons (Fsp3) is 0.211. The Morgan fingerprint density at radius 1 is 1.08 bits per heavy atom. The highest BCUT2D eigenvalue weighted by molar-refractivity contribution is 7.89. The lowest BCUT2D eigenvalue weighted by Crippen LogP contribution is -2.30. The molecule has 0 spiro atoms. The standard InChI is InChI=1S/C19H16FNO4S/c1-12-2-8-15(9-3-12)26(23,24)21-11-10-16-17(21)18(25-19(16)22)13-4-6-14(20)7-5-13/h2-9,18H,10-11H2,1H3. The predicted molar refractivity (Wildman–Crippen MR) is 91.9 cm³/mol. The second kappa shape index (κ2) is 5.95. The lowest BCUT2D eigenvalue weighted by atomic mass is 10.1. The summed E-state index contributed by atoms with van der Waals surface area (Å²) in [6, 6.07) is 12.1. The van der Waals surface area contributed by atoms with E-state index in [9.17, 15) is 17.6 Å². The van der Waals surface area contributed by atoms with Crippen LogP contribution in [-0.2, 0) is 19.6 Å². The van der Waals surface area contributed by atoms with Gasteiger partial charge in [0, 0.05) is 13.0 Å². The van der Waals surface area contributed by atoms with E-state index in [2.05, 4.69) is 0 Å². The summed E-state index contributed by atoms with van der Waals surface area (Å²) in [6.45, 7) is 2.06. The fourth-order valence-corrected chi connectivity index (χ4v) is 4.82. The highest BCUT2D eigenvalue weighted by Crippen LogP contribution is 2.44. The summed E-state index contributed by atoms with van der Waals surface area (Å²) < 4.78 is 46.0. The summed E-state index contributed by atoms with van der Waals surface area (Å²) in [5.74, 6) is -0.932. The molecule has 0 fully saturated rings. The van der Waals surface area contributed by atoms with Gasteiger partial charge in [0.1, 0.15) is 5.82 Å². The molecule has 2 aromatic rings. The van der Waals surface area contributed by atoms with Crippen molar-refractivity contribution in [2.24, 2.45) is 0 Å². The molecule has 2 heterocycles. The van der Waals surface area contributed by atoms with E-state index in [4.69, 9.17) is 4.74 Å². The molecule has 0 aliphatic carbocycles. The van der Waals surface area contributed by atoms with Crippen molar-refractivity contribution in [3.8, 4) is 0 Å². The lowest BCUT2D eigenvalue weighted by Gasteiger charge is -2.25. The Labute approximate surface area is 150 Å². The van der Waals surface area contributed by atoms with Crippen molar-refractivity contribution in [3.05, 3.63) is 76.7 Å². The van der Waals surface area contributed by atoms with Crippen LogP contribution in [0.15, 0.2) is 64.7 Å². The van der Waals surface area contributed by atoms with Gasteiger partial charge in [-0.2, -0.15) is 0 Å². The number of hydrogen-bond acceptors (Lipinski definition) is 4. The number of ether oxygens (including phenoxy) is 1. The first-order valence-electron chi connectivity index (χ1n) is 8.17. The molecule has 0 bridgehead atoms. The maximum absolute atomic E-state index is 13.2. The van der Waals surface area contributed by atoms with Crippen molar-refractivity contribution >= 4 is 16.0 Å². The summed E-state index contributed by atoms with van der Waals surface area (Å²) in [5, 5.41) is 0. The molecule has 0 N–H and O–H groups in total. The fourth-order valence-electron chi connectivity index (χ4n) is 3.29. The van der Waals surface area contributed by atoms with Gasteiger partial charge in [-0.05, 0) is 36.8 Å². The van der Waals surface area contributed by atoms with E-state index >= 15 is 0 Å². The van der Waals surface area contributed by atoms with Crippen LogP contribution in [0.5, 0.6) is 0 Å². The quantitative estimate of drug-likeness (QED) is 0.776. The highest BCUT2D eigenvalue weighted by atomic mass is 32.2. The minimum atomic E-state index is -3.81. The molecule has 1 atom stereocenters. The molecule has 26 heavy (non-hydrogen) atoms. The number of esters is 1. The van der Waals surface area contributed by atoms with Crippen LogP contribution in [0.3, 0.4) is 0 Å². The summed E-state index contributed by atoms with van der Waals surface area (Å²) in [4.78, 5) is 12.3. The van der Waals surface area contributed by atoms with Gasteiger partial charge in [-0.3, -0.25) is 4.31 Å². The molecule has 5 nitrogen and oxygen atoms in total. The average Bonchev–Trinajstić information content (AvgIpc) is 3.18. The van der Waals surface area contributed by atoms with Gasteiger partial charge in [0.05, 0.1) is 16.2 Å². The third-order valence-electron chi connectivity index (χ3n) is 4.64. The maximum Gasteiger partial charge on any atom is 0.337 e. The molecule has 0 radical (unpaired) electrons. The van der Waals surface area contributed by atoms with E-state index < -0.39 is 27.9 Å². The first-order chi connectivity index (χ1) is 12.4. The number of rotatable bonds is 3. The van der Waals surface area contributed by atoms with Crippen molar-refractivity contribution in [2.75, 3.05) is 6.54 Å². The first-order valence-corrected chi connectivity index (χ1v) is 9.61. The number of sulfonamides is 1. The third kappa shape index (κ3) is 2.59. The number of hydrogen-bond donors (Lipinski definition) is 0. The zero-order chi connectivity index (χ0) is 18.5. The van der Waals surface area contributed by atoms with E-state index in [1.54, 1.807) is 24.3 Å². The van der Waals surface area contributed by atoms with Gasteiger partial charge in [0.2, 0.25) is 0 Å². The van der Waals surface area contributed by atoms with E-state index in [1.807, 2.05) is 6.92 Å². The van der Waals surface area contributed by atoms with E-state index in [-0.39, 0.29) is 11.4 Å². The Morgan fingerprint density at radius 2 is 1.73 bits per heavy atom. The monoisotopic (exact) mass is 373 g/mol. The van der Waals surface area contributed by atoms with Crippen LogP contribution < -0.4 is 0 Å². The second-order valence-corrected chi connectivity index (χ2v) is 8.20. The number of carbonyl (C=O) groups excluding carboxylic acids is 1. The number of cyclic esters (lactones) is 1. The molecular formula is C19H16FNO4S. The van der Waals surface area contributed by atoms with Crippen LogP contribution in [0.25, 0.3) is 0 Å². The topological polar surface area (TPSA) is 63.7 Å². The summed E-state index contributed by atoms with van der Waals surface area (Å²) in [7, 11) is -3.81. The summed E-state index contributed by atoms with van der Waals surface area (Å²) in [6.07, 6.45) is -0.544. The van der Waals surface area contributed by atoms with E-state index in [0.717, 1.165) is 5.56 Å². The highest BCUT2D eigenvalue weighted by Gasteiger charge is 2.46. The predicted octanol–water partition coefficient (Wildman–Crippen LogP) is 3.08. The molecular weight excluding hydrogens is 357 g/mol. The summed E-state index contributed by atoms with van der Waals surface area (Å²) >= 11 is 0. The Morgan fingerprint density at radius 3 is 2.38 bits per heavy atom. The molecule has 0 amide bonds. The van der Waals surface area contributed by atoms with Crippen molar-refractivity contribution < 1.29 is 22.3 Å². The van der Waals surface area contributed by atoms with Crippen LogP contribution in [0.1, 0.15) is 23.7 Å². The minimum absolute atomic E-state index is 0.161. The minimum Gasteiger partial charge on any atom is -0.448 e. The van der Waals surface area contributed by atoms with Crippen molar-refractivity contribution in [1.29, 1.82) is 0 Å². The normalized spacial score (nSPS) is 19.7. The third-order valence-corrected chi connectivity index (χ3v) is 6.47. The molecule has 2 aromatic carbocycles. The zero-order valence-electron chi connectivity index (χ0n) is 14.0. The van der Waals surface area contributed by atoms with Crippen molar-refractivity contribution in [2.45, 2.75) is 24.3 Å². The molecule has 2 aliphatic rings. The SMILES string of the molecule is Cc1ccc(S(=O)(=O)N2CCC3=C2C(c2ccc(F)cc2)OC3=O)cc1.